The van der Waals surface area contributed by atoms with Crippen molar-refractivity contribution in [1.82, 2.24) is 10.4 Å². The number of carbonyl (C=O) groups excluding carboxylic acids is 1. The van der Waals surface area contributed by atoms with Gasteiger partial charge in [-0.05, 0) is 32.0 Å². The van der Waals surface area contributed by atoms with Crippen molar-refractivity contribution in [3.63, 3.8) is 0 Å². The van der Waals surface area contributed by atoms with Gasteiger partial charge in [-0.15, -0.1) is 11.3 Å². The summed E-state index contributed by atoms with van der Waals surface area (Å²) in [6, 6.07) is 5.47. The highest BCUT2D eigenvalue weighted by atomic mass is 32.1. The summed E-state index contributed by atoms with van der Waals surface area (Å²) >= 11 is 1.52. The van der Waals surface area contributed by atoms with Gasteiger partial charge in [0.05, 0.1) is 37.1 Å². The van der Waals surface area contributed by atoms with Crippen molar-refractivity contribution in [3.05, 3.63) is 39.8 Å². The van der Waals surface area contributed by atoms with Gasteiger partial charge in [-0.1, -0.05) is 0 Å². The number of carbonyl (C=O) groups is 1. The number of nitrogens with zero attached hydrogens (tertiary/aromatic N) is 2. The van der Waals surface area contributed by atoms with E-state index in [0.717, 1.165) is 16.3 Å². The number of aryl methyl sites for hydroxylation is 1. The third-order valence-electron chi connectivity index (χ3n) is 3.16. The Balaban J connectivity index is 2.03. The van der Waals surface area contributed by atoms with E-state index in [4.69, 9.17) is 9.47 Å². The predicted molar refractivity (Wildman–Crippen MR) is 90.5 cm³/mol. The first-order valence-electron chi connectivity index (χ1n) is 7.00. The van der Waals surface area contributed by atoms with Crippen LogP contribution in [0.3, 0.4) is 0 Å². The van der Waals surface area contributed by atoms with E-state index in [2.05, 4.69) is 15.5 Å². The maximum absolute atomic E-state index is 11.9. The van der Waals surface area contributed by atoms with E-state index in [1.54, 1.807) is 20.3 Å². The van der Waals surface area contributed by atoms with Crippen LogP contribution in [-0.4, -0.2) is 30.8 Å². The van der Waals surface area contributed by atoms with Crippen LogP contribution < -0.4 is 14.9 Å². The van der Waals surface area contributed by atoms with Crippen LogP contribution in [0.5, 0.6) is 11.5 Å². The number of benzene rings is 1. The van der Waals surface area contributed by atoms with Gasteiger partial charge in [0.15, 0.2) is 11.5 Å². The highest BCUT2D eigenvalue weighted by Crippen LogP contribution is 2.27. The molecule has 0 radical (unpaired) electrons. The molecule has 1 aromatic carbocycles. The van der Waals surface area contributed by atoms with Crippen molar-refractivity contribution in [2.75, 3.05) is 14.2 Å². The molecule has 7 heteroatoms. The number of hydrazone groups is 1. The van der Waals surface area contributed by atoms with Crippen LogP contribution in [-0.2, 0) is 11.2 Å². The topological polar surface area (TPSA) is 72.8 Å². The van der Waals surface area contributed by atoms with E-state index < -0.39 is 0 Å². The normalized spacial score (nSPS) is 11.2. The number of hydrogen-bond acceptors (Lipinski definition) is 6. The second kappa shape index (κ2) is 7.73. The fraction of sp³-hybridized carbons (Fsp3) is 0.312. The molecule has 0 saturated heterocycles. The van der Waals surface area contributed by atoms with Gasteiger partial charge in [-0.25, -0.2) is 10.4 Å². The van der Waals surface area contributed by atoms with Crippen LogP contribution in [0, 0.1) is 6.92 Å². The monoisotopic (exact) mass is 333 g/mol. The first-order valence-corrected chi connectivity index (χ1v) is 7.88. The molecule has 122 valence electrons. The molecule has 0 bridgehead atoms. The van der Waals surface area contributed by atoms with E-state index in [-0.39, 0.29) is 12.3 Å². The summed E-state index contributed by atoms with van der Waals surface area (Å²) < 4.78 is 10.5. The molecule has 0 unspecified atom stereocenters. The van der Waals surface area contributed by atoms with Crippen molar-refractivity contribution >= 4 is 23.0 Å². The van der Waals surface area contributed by atoms with Gasteiger partial charge in [-0.2, -0.15) is 5.10 Å². The number of nitrogens with one attached hydrogen (secondary N) is 1. The van der Waals surface area contributed by atoms with E-state index in [9.17, 15) is 4.79 Å². The second-order valence-electron chi connectivity index (χ2n) is 4.84. The Labute approximate surface area is 139 Å². The summed E-state index contributed by atoms with van der Waals surface area (Å²) in [7, 11) is 3.16. The Kier molecular flexibility index (Phi) is 5.70. The van der Waals surface area contributed by atoms with Crippen molar-refractivity contribution in [3.8, 4) is 11.5 Å². The van der Waals surface area contributed by atoms with Crippen LogP contribution in [0.2, 0.25) is 0 Å². The van der Waals surface area contributed by atoms with Gasteiger partial charge >= 0.3 is 0 Å². The van der Waals surface area contributed by atoms with Crippen molar-refractivity contribution in [2.45, 2.75) is 20.3 Å². The van der Waals surface area contributed by atoms with Crippen molar-refractivity contribution in [1.29, 1.82) is 0 Å². The van der Waals surface area contributed by atoms with Crippen LogP contribution in [0.4, 0.5) is 0 Å². The van der Waals surface area contributed by atoms with E-state index in [1.807, 2.05) is 31.4 Å². The van der Waals surface area contributed by atoms with Crippen molar-refractivity contribution < 1.29 is 14.3 Å². The molecule has 0 aliphatic heterocycles. The molecule has 2 aromatic rings. The van der Waals surface area contributed by atoms with Crippen LogP contribution in [0.25, 0.3) is 0 Å². The molecule has 6 nitrogen and oxygen atoms in total. The Morgan fingerprint density at radius 2 is 2.04 bits per heavy atom. The Morgan fingerprint density at radius 1 is 1.30 bits per heavy atom. The third-order valence-corrected chi connectivity index (χ3v) is 3.98. The molecule has 23 heavy (non-hydrogen) atoms. The maximum atomic E-state index is 11.9. The molecule has 0 spiro atoms. The zero-order chi connectivity index (χ0) is 16.8. The summed E-state index contributed by atoms with van der Waals surface area (Å²) in [5.74, 6) is 1.06. The molecule has 0 aliphatic carbocycles. The molecule has 1 heterocycles. The zero-order valence-corrected chi connectivity index (χ0v) is 14.4. The van der Waals surface area contributed by atoms with Gasteiger partial charge < -0.3 is 9.47 Å². The number of methoxy groups -OCH3 is 2. The average molecular weight is 333 g/mol. The summed E-state index contributed by atoms with van der Waals surface area (Å²) in [6.07, 6.45) is 0.215. The van der Waals surface area contributed by atoms with Gasteiger partial charge in [0.2, 0.25) is 5.91 Å². The highest BCUT2D eigenvalue weighted by molar-refractivity contribution is 7.09. The number of thiazole rings is 1. The van der Waals surface area contributed by atoms with Gasteiger partial charge in [0.25, 0.3) is 0 Å². The first-order chi connectivity index (χ1) is 11.0. The van der Waals surface area contributed by atoms with E-state index >= 15 is 0 Å². The van der Waals surface area contributed by atoms with Crippen LogP contribution in [0.1, 0.15) is 23.2 Å². The summed E-state index contributed by atoms with van der Waals surface area (Å²) in [5, 5.41) is 6.94. The van der Waals surface area contributed by atoms with Gasteiger partial charge in [-0.3, -0.25) is 4.79 Å². The minimum absolute atomic E-state index is 0.199. The Hall–Kier alpha value is -2.41. The van der Waals surface area contributed by atoms with Crippen LogP contribution in [0.15, 0.2) is 28.7 Å². The first kappa shape index (κ1) is 17.0. The van der Waals surface area contributed by atoms with Crippen molar-refractivity contribution in [2.24, 2.45) is 5.10 Å². The SMILES string of the molecule is COc1ccc(/C(C)=N\NC(=O)Cc2csc(C)n2)cc1OC. The molecule has 1 amide bonds. The fourth-order valence-electron chi connectivity index (χ4n) is 1.97. The summed E-state index contributed by atoms with van der Waals surface area (Å²) in [4.78, 5) is 16.1. The van der Waals surface area contributed by atoms with E-state index in [1.165, 1.54) is 11.3 Å². The molecule has 1 aromatic heterocycles. The fourth-order valence-corrected chi connectivity index (χ4v) is 2.58. The molecule has 0 fully saturated rings. The molecule has 2 rings (SSSR count). The van der Waals surface area contributed by atoms with Gasteiger partial charge in [0, 0.05) is 10.9 Å². The molecular weight excluding hydrogens is 314 g/mol. The molecule has 0 saturated carbocycles. The third kappa shape index (κ3) is 4.53. The smallest absolute Gasteiger partial charge is 0.246 e. The second-order valence-corrected chi connectivity index (χ2v) is 5.90. The minimum atomic E-state index is -0.199. The average Bonchev–Trinajstić information content (AvgIpc) is 2.96. The summed E-state index contributed by atoms with van der Waals surface area (Å²) in [6.45, 7) is 3.72. The lowest BCUT2D eigenvalue weighted by Crippen LogP contribution is -2.21. The zero-order valence-electron chi connectivity index (χ0n) is 13.5. The largest absolute Gasteiger partial charge is 0.493 e. The Morgan fingerprint density at radius 3 is 2.65 bits per heavy atom. The number of aromatic nitrogens is 1. The number of ether oxygens (including phenoxy) is 2. The molecule has 1 N–H and O–H groups in total. The lowest BCUT2D eigenvalue weighted by Gasteiger charge is -2.09. The van der Waals surface area contributed by atoms with Gasteiger partial charge in [0.1, 0.15) is 0 Å². The summed E-state index contributed by atoms with van der Waals surface area (Å²) in [5.41, 5.74) is 4.82. The Bertz CT molecular complexity index is 725. The molecule has 0 atom stereocenters. The molecule has 0 aliphatic rings. The highest BCUT2D eigenvalue weighted by Gasteiger charge is 2.08. The van der Waals surface area contributed by atoms with Crippen LogP contribution >= 0.6 is 11.3 Å². The minimum Gasteiger partial charge on any atom is -0.493 e. The lowest BCUT2D eigenvalue weighted by atomic mass is 10.1. The number of amides is 1. The lowest BCUT2D eigenvalue weighted by molar-refractivity contribution is -0.120. The maximum Gasteiger partial charge on any atom is 0.246 e. The van der Waals surface area contributed by atoms with E-state index in [0.29, 0.717) is 17.2 Å². The quantitative estimate of drug-likeness (QED) is 0.651. The molecular formula is C16H19N3O3S. The number of rotatable bonds is 6. The standard InChI is InChI=1S/C16H19N3O3S/c1-10(12-5-6-14(21-3)15(7-12)22-4)18-19-16(20)8-13-9-23-11(2)17-13/h5-7,9H,8H2,1-4H3,(H,19,20)/b18-10-. The predicted octanol–water partition coefficient (Wildman–Crippen LogP) is 2.55. The number of hydrogen-bond donors (Lipinski definition) is 1.